The van der Waals surface area contributed by atoms with Crippen molar-refractivity contribution in [1.82, 2.24) is 10.6 Å². The van der Waals surface area contributed by atoms with Crippen LogP contribution in [-0.4, -0.2) is 39.3 Å². The number of nitrogens with one attached hydrogen (secondary N) is 2. The van der Waals surface area contributed by atoms with Crippen molar-refractivity contribution in [2.75, 3.05) is 33.4 Å². The number of carbonyl (C=O) groups is 1. The summed E-state index contributed by atoms with van der Waals surface area (Å²) in [5, 5.41) is 6.10. The zero-order valence-corrected chi connectivity index (χ0v) is 12.1. The lowest BCUT2D eigenvalue weighted by Gasteiger charge is -2.12. The van der Waals surface area contributed by atoms with Crippen molar-refractivity contribution in [3.05, 3.63) is 0 Å². The molecule has 0 aromatic heterocycles. The van der Waals surface area contributed by atoms with Crippen molar-refractivity contribution in [2.45, 2.75) is 33.1 Å². The SMILES string of the molecule is CCC(CC)CC(=O)NCCNCCOC.Cl. The minimum Gasteiger partial charge on any atom is -0.383 e. The number of ether oxygens (including phenoxy) is 1. The molecule has 0 rings (SSSR count). The first-order valence-corrected chi connectivity index (χ1v) is 6.20. The number of hydrogen-bond donors (Lipinski definition) is 2. The van der Waals surface area contributed by atoms with Crippen molar-refractivity contribution in [2.24, 2.45) is 5.92 Å². The number of rotatable bonds is 10. The third-order valence-electron chi connectivity index (χ3n) is 2.74. The molecule has 0 aromatic carbocycles. The van der Waals surface area contributed by atoms with Crippen LogP contribution in [0.4, 0.5) is 0 Å². The summed E-state index contributed by atoms with van der Waals surface area (Å²) in [5.74, 6) is 0.698. The van der Waals surface area contributed by atoms with E-state index in [9.17, 15) is 4.79 Å². The van der Waals surface area contributed by atoms with E-state index in [1.165, 1.54) is 0 Å². The first-order valence-electron chi connectivity index (χ1n) is 6.20. The number of carbonyl (C=O) groups excluding carboxylic acids is 1. The van der Waals surface area contributed by atoms with Crippen molar-refractivity contribution in [1.29, 1.82) is 0 Å². The Morgan fingerprint density at radius 1 is 1.18 bits per heavy atom. The van der Waals surface area contributed by atoms with Crippen LogP contribution in [0.25, 0.3) is 0 Å². The summed E-state index contributed by atoms with van der Waals surface area (Å²) in [7, 11) is 1.68. The minimum atomic E-state index is 0. The van der Waals surface area contributed by atoms with Gasteiger partial charge in [0.15, 0.2) is 0 Å². The molecular weight excluding hydrogens is 240 g/mol. The van der Waals surface area contributed by atoms with Crippen molar-refractivity contribution < 1.29 is 9.53 Å². The van der Waals surface area contributed by atoms with Crippen LogP contribution in [0.1, 0.15) is 33.1 Å². The Kier molecular flexibility index (Phi) is 15.4. The average Bonchev–Trinajstić information content (AvgIpc) is 2.30. The van der Waals surface area contributed by atoms with Crippen LogP contribution in [-0.2, 0) is 9.53 Å². The lowest BCUT2D eigenvalue weighted by atomic mass is 9.99. The van der Waals surface area contributed by atoms with E-state index in [2.05, 4.69) is 24.5 Å². The van der Waals surface area contributed by atoms with E-state index in [0.717, 1.165) is 25.9 Å². The zero-order chi connectivity index (χ0) is 12.2. The molecule has 0 bridgehead atoms. The van der Waals surface area contributed by atoms with Crippen LogP contribution >= 0.6 is 12.4 Å². The maximum absolute atomic E-state index is 11.5. The predicted molar refractivity (Wildman–Crippen MR) is 73.7 cm³/mol. The highest BCUT2D eigenvalue weighted by atomic mass is 35.5. The van der Waals surface area contributed by atoms with Crippen LogP contribution in [0.2, 0.25) is 0 Å². The van der Waals surface area contributed by atoms with Crippen LogP contribution < -0.4 is 10.6 Å². The van der Waals surface area contributed by atoms with Gasteiger partial charge in [-0.3, -0.25) is 4.79 Å². The van der Waals surface area contributed by atoms with Crippen LogP contribution in [0, 0.1) is 5.92 Å². The second-order valence-electron chi connectivity index (χ2n) is 3.98. The molecular formula is C12H27ClN2O2. The minimum absolute atomic E-state index is 0. The molecule has 0 saturated carbocycles. The third kappa shape index (κ3) is 11.9. The van der Waals surface area contributed by atoms with Crippen molar-refractivity contribution in [3.63, 3.8) is 0 Å². The predicted octanol–water partition coefficient (Wildman–Crippen LogP) is 1.59. The van der Waals surface area contributed by atoms with Gasteiger partial charge in [-0.2, -0.15) is 0 Å². The molecule has 0 unspecified atom stereocenters. The van der Waals surface area contributed by atoms with Gasteiger partial charge in [-0.25, -0.2) is 0 Å². The van der Waals surface area contributed by atoms with E-state index in [1.807, 2.05) is 0 Å². The lowest BCUT2D eigenvalue weighted by Crippen LogP contribution is -2.33. The van der Waals surface area contributed by atoms with Crippen LogP contribution in [0.15, 0.2) is 0 Å². The van der Waals surface area contributed by atoms with E-state index in [4.69, 9.17) is 4.74 Å². The highest BCUT2D eigenvalue weighted by molar-refractivity contribution is 5.85. The monoisotopic (exact) mass is 266 g/mol. The van der Waals surface area contributed by atoms with Gasteiger partial charge in [0.25, 0.3) is 0 Å². The molecule has 0 atom stereocenters. The Morgan fingerprint density at radius 3 is 2.35 bits per heavy atom. The Labute approximate surface area is 111 Å². The molecule has 104 valence electrons. The molecule has 4 nitrogen and oxygen atoms in total. The number of hydrogen-bond acceptors (Lipinski definition) is 3. The summed E-state index contributed by atoms with van der Waals surface area (Å²) in [4.78, 5) is 11.5. The fraction of sp³-hybridized carbons (Fsp3) is 0.917. The van der Waals surface area contributed by atoms with Gasteiger partial charge in [0, 0.05) is 33.2 Å². The second-order valence-corrected chi connectivity index (χ2v) is 3.98. The van der Waals surface area contributed by atoms with E-state index in [1.54, 1.807) is 7.11 Å². The van der Waals surface area contributed by atoms with Crippen molar-refractivity contribution in [3.8, 4) is 0 Å². The second kappa shape index (κ2) is 13.7. The molecule has 0 heterocycles. The summed E-state index contributed by atoms with van der Waals surface area (Å²) in [5.41, 5.74) is 0. The molecule has 2 N–H and O–H groups in total. The maximum Gasteiger partial charge on any atom is 0.220 e. The largest absolute Gasteiger partial charge is 0.383 e. The Bertz CT molecular complexity index is 176. The van der Waals surface area contributed by atoms with E-state index >= 15 is 0 Å². The fourth-order valence-electron chi connectivity index (χ4n) is 1.50. The molecule has 1 amide bonds. The standard InChI is InChI=1S/C12H26N2O2.ClH/c1-4-11(5-2)10-12(15)14-7-6-13-8-9-16-3;/h11,13H,4-10H2,1-3H3,(H,14,15);1H. The van der Waals surface area contributed by atoms with Gasteiger partial charge in [0.2, 0.25) is 5.91 Å². The van der Waals surface area contributed by atoms with Crippen LogP contribution in [0.3, 0.4) is 0 Å². The molecule has 0 fully saturated rings. The first-order chi connectivity index (χ1) is 7.74. The molecule has 0 aromatic rings. The molecule has 0 radical (unpaired) electrons. The Balaban J connectivity index is 0. The molecule has 0 aliphatic carbocycles. The Morgan fingerprint density at radius 2 is 1.82 bits per heavy atom. The topological polar surface area (TPSA) is 50.4 Å². The third-order valence-corrected chi connectivity index (χ3v) is 2.74. The van der Waals surface area contributed by atoms with Gasteiger partial charge in [-0.1, -0.05) is 26.7 Å². The summed E-state index contributed by atoms with van der Waals surface area (Å²) in [6, 6.07) is 0. The molecule has 17 heavy (non-hydrogen) atoms. The molecule has 5 heteroatoms. The van der Waals surface area contributed by atoms with Crippen LogP contribution in [0.5, 0.6) is 0 Å². The van der Waals surface area contributed by atoms with Gasteiger partial charge in [-0.15, -0.1) is 12.4 Å². The highest BCUT2D eigenvalue weighted by Crippen LogP contribution is 2.11. The van der Waals surface area contributed by atoms with Gasteiger partial charge in [0.05, 0.1) is 6.61 Å². The van der Waals surface area contributed by atoms with Gasteiger partial charge >= 0.3 is 0 Å². The van der Waals surface area contributed by atoms with E-state index < -0.39 is 0 Å². The maximum atomic E-state index is 11.5. The molecule has 0 aliphatic heterocycles. The summed E-state index contributed by atoms with van der Waals surface area (Å²) < 4.78 is 4.90. The zero-order valence-electron chi connectivity index (χ0n) is 11.3. The lowest BCUT2D eigenvalue weighted by molar-refractivity contribution is -0.122. The van der Waals surface area contributed by atoms with Gasteiger partial charge < -0.3 is 15.4 Å². The van der Waals surface area contributed by atoms with Crippen molar-refractivity contribution >= 4 is 18.3 Å². The Hall–Kier alpha value is -0.320. The smallest absolute Gasteiger partial charge is 0.220 e. The van der Waals surface area contributed by atoms with Gasteiger partial charge in [0.1, 0.15) is 0 Å². The molecule has 0 saturated heterocycles. The summed E-state index contributed by atoms with van der Waals surface area (Å²) in [6.45, 7) is 7.31. The summed E-state index contributed by atoms with van der Waals surface area (Å²) >= 11 is 0. The number of amides is 1. The highest BCUT2D eigenvalue weighted by Gasteiger charge is 2.08. The molecule has 0 spiro atoms. The first kappa shape index (κ1) is 19.0. The average molecular weight is 267 g/mol. The van der Waals surface area contributed by atoms with Gasteiger partial charge in [-0.05, 0) is 5.92 Å². The number of halogens is 1. The quantitative estimate of drug-likeness (QED) is 0.591. The normalized spacial score (nSPS) is 10.1. The molecule has 0 aliphatic rings. The fourth-order valence-corrected chi connectivity index (χ4v) is 1.50. The van der Waals surface area contributed by atoms with E-state index in [0.29, 0.717) is 25.5 Å². The van der Waals surface area contributed by atoms with E-state index in [-0.39, 0.29) is 18.3 Å². The number of methoxy groups -OCH3 is 1. The summed E-state index contributed by atoms with van der Waals surface area (Å²) in [6.07, 6.45) is 2.82.